The summed E-state index contributed by atoms with van der Waals surface area (Å²) >= 11 is 0. The minimum absolute atomic E-state index is 0.0505. The van der Waals surface area contributed by atoms with Gasteiger partial charge in [0.25, 0.3) is 5.56 Å². The fourth-order valence-electron chi connectivity index (χ4n) is 4.71. The van der Waals surface area contributed by atoms with E-state index in [2.05, 4.69) is 9.88 Å². The molecule has 0 radical (unpaired) electrons. The van der Waals surface area contributed by atoms with Crippen LogP contribution in [0.15, 0.2) is 35.3 Å². The van der Waals surface area contributed by atoms with Crippen molar-refractivity contribution in [2.24, 2.45) is 5.92 Å². The summed E-state index contributed by atoms with van der Waals surface area (Å²) in [5, 5.41) is 9.18. The van der Waals surface area contributed by atoms with Crippen molar-refractivity contribution in [2.75, 3.05) is 33.9 Å². The number of nitrogens with zero attached hydrogens (tertiary/aromatic N) is 4. The number of aliphatic hydroxyl groups excluding tert-OH is 1. The van der Waals surface area contributed by atoms with Gasteiger partial charge in [0.1, 0.15) is 12.4 Å². The Labute approximate surface area is 175 Å². The molecule has 1 fully saturated rings. The highest BCUT2D eigenvalue weighted by Crippen LogP contribution is 2.35. The number of pyridine rings is 2. The first-order valence-electron chi connectivity index (χ1n) is 10.3. The van der Waals surface area contributed by atoms with Crippen molar-refractivity contribution in [3.63, 3.8) is 0 Å². The van der Waals surface area contributed by atoms with Crippen LogP contribution in [-0.2, 0) is 24.4 Å². The molecule has 4 heterocycles. The maximum absolute atomic E-state index is 13.2. The van der Waals surface area contributed by atoms with Crippen molar-refractivity contribution in [3.05, 3.63) is 57.8 Å². The Morgan fingerprint density at radius 1 is 1.27 bits per heavy atom. The summed E-state index contributed by atoms with van der Waals surface area (Å²) in [6, 6.07) is 7.65. The van der Waals surface area contributed by atoms with Crippen LogP contribution >= 0.6 is 0 Å². The third kappa shape index (κ3) is 4.11. The van der Waals surface area contributed by atoms with E-state index in [1.165, 1.54) is 0 Å². The molecule has 0 aromatic carbocycles. The summed E-state index contributed by atoms with van der Waals surface area (Å²) in [4.78, 5) is 33.3. The van der Waals surface area contributed by atoms with Crippen LogP contribution in [0.2, 0.25) is 0 Å². The molecule has 2 aromatic heterocycles. The van der Waals surface area contributed by atoms with Gasteiger partial charge in [0.2, 0.25) is 5.91 Å². The second kappa shape index (κ2) is 8.57. The van der Waals surface area contributed by atoms with Gasteiger partial charge in [0.05, 0.1) is 12.8 Å². The lowest BCUT2D eigenvalue weighted by molar-refractivity contribution is -0.136. The highest BCUT2D eigenvalue weighted by molar-refractivity contribution is 5.77. The van der Waals surface area contributed by atoms with E-state index in [1.807, 2.05) is 35.9 Å². The van der Waals surface area contributed by atoms with Crippen molar-refractivity contribution in [2.45, 2.75) is 32.0 Å². The lowest BCUT2D eigenvalue weighted by atomic mass is 9.83. The Balaban J connectivity index is 1.50. The predicted octanol–water partition coefficient (Wildman–Crippen LogP) is 0.822. The predicted molar refractivity (Wildman–Crippen MR) is 111 cm³/mol. The van der Waals surface area contributed by atoms with Crippen LogP contribution in [0.1, 0.15) is 29.3 Å². The number of piperidine rings is 1. The average molecular weight is 412 g/mol. The normalized spacial score (nSPS) is 20.2. The number of aromatic nitrogens is 2. The van der Waals surface area contributed by atoms with Gasteiger partial charge in [-0.05, 0) is 31.5 Å². The Kier molecular flexibility index (Phi) is 5.87. The number of hydrogen-bond acceptors (Lipinski definition) is 6. The SMILES string of the molecule is COc1ccnc(CN(C)Cc2ccc3n(c2=O)C[C@H]2C[C@@H]3CN(C(=O)CO)C2)c1. The van der Waals surface area contributed by atoms with E-state index in [-0.39, 0.29) is 23.3 Å². The van der Waals surface area contributed by atoms with E-state index < -0.39 is 6.61 Å². The zero-order valence-corrected chi connectivity index (χ0v) is 17.5. The quantitative estimate of drug-likeness (QED) is 0.756. The number of methoxy groups -OCH3 is 1. The molecule has 2 atom stereocenters. The van der Waals surface area contributed by atoms with Crippen molar-refractivity contribution < 1.29 is 14.6 Å². The number of hydrogen-bond donors (Lipinski definition) is 1. The van der Waals surface area contributed by atoms with Crippen molar-refractivity contribution in [3.8, 4) is 5.75 Å². The standard InChI is InChI=1S/C22H28N4O4/c1-24(13-18-8-19(30-2)5-6-23-18)11-16-3-4-20-17-7-15(10-26(20)22(16)29)9-25(12-17)21(28)14-27/h3-6,8,15,17,27H,7,9-14H2,1-2H3/t15-,17+/m0/s1. The molecule has 0 aliphatic carbocycles. The number of fused-ring (bicyclic) bond motifs is 4. The van der Waals surface area contributed by atoms with E-state index in [4.69, 9.17) is 4.74 Å². The minimum Gasteiger partial charge on any atom is -0.497 e. The molecule has 8 heteroatoms. The van der Waals surface area contributed by atoms with Gasteiger partial charge in [-0.2, -0.15) is 0 Å². The first-order valence-corrected chi connectivity index (χ1v) is 10.3. The maximum Gasteiger partial charge on any atom is 0.255 e. The number of rotatable bonds is 6. The summed E-state index contributed by atoms with van der Waals surface area (Å²) in [5.41, 5.74) is 2.69. The molecule has 1 amide bonds. The minimum atomic E-state index is -0.459. The van der Waals surface area contributed by atoms with Gasteiger partial charge in [-0.15, -0.1) is 0 Å². The monoisotopic (exact) mass is 412 g/mol. The van der Waals surface area contributed by atoms with Crippen LogP contribution in [0.4, 0.5) is 0 Å². The molecular weight excluding hydrogens is 384 g/mol. The van der Waals surface area contributed by atoms with Gasteiger partial charge in [-0.25, -0.2) is 0 Å². The molecular formula is C22H28N4O4. The molecule has 2 aliphatic rings. The molecule has 30 heavy (non-hydrogen) atoms. The van der Waals surface area contributed by atoms with Crippen LogP contribution in [0, 0.1) is 5.92 Å². The molecule has 1 N–H and O–H groups in total. The smallest absolute Gasteiger partial charge is 0.255 e. The summed E-state index contributed by atoms with van der Waals surface area (Å²) in [6.07, 6.45) is 2.70. The molecule has 2 aromatic rings. The van der Waals surface area contributed by atoms with E-state index in [0.717, 1.165) is 29.1 Å². The Morgan fingerprint density at radius 3 is 2.87 bits per heavy atom. The Hall–Kier alpha value is -2.71. The fraction of sp³-hybridized carbons (Fsp3) is 0.500. The third-order valence-corrected chi connectivity index (χ3v) is 6.07. The molecule has 160 valence electrons. The summed E-state index contributed by atoms with van der Waals surface area (Å²) in [6.45, 7) is 2.47. The molecule has 8 nitrogen and oxygen atoms in total. The van der Waals surface area contributed by atoms with E-state index in [1.54, 1.807) is 18.2 Å². The van der Waals surface area contributed by atoms with Crippen molar-refractivity contribution in [1.29, 1.82) is 0 Å². The van der Waals surface area contributed by atoms with Crippen LogP contribution < -0.4 is 10.3 Å². The number of aliphatic hydroxyl groups is 1. The molecule has 0 spiro atoms. The first-order chi connectivity index (χ1) is 14.5. The number of ether oxygens (including phenoxy) is 1. The number of carbonyl (C=O) groups is 1. The second-order valence-electron chi connectivity index (χ2n) is 8.31. The Bertz CT molecular complexity index is 989. The van der Waals surface area contributed by atoms with E-state index in [9.17, 15) is 14.7 Å². The van der Waals surface area contributed by atoms with Crippen LogP contribution in [0.3, 0.4) is 0 Å². The molecule has 2 aliphatic heterocycles. The molecule has 4 rings (SSSR count). The fourth-order valence-corrected chi connectivity index (χ4v) is 4.71. The van der Waals surface area contributed by atoms with Crippen LogP contribution in [-0.4, -0.2) is 64.2 Å². The topological polar surface area (TPSA) is 87.9 Å². The van der Waals surface area contributed by atoms with Crippen LogP contribution in [0.25, 0.3) is 0 Å². The van der Waals surface area contributed by atoms with E-state index in [0.29, 0.717) is 32.7 Å². The average Bonchev–Trinajstić information content (AvgIpc) is 2.75. The molecule has 0 saturated carbocycles. The summed E-state index contributed by atoms with van der Waals surface area (Å²) in [7, 11) is 3.60. The largest absolute Gasteiger partial charge is 0.497 e. The van der Waals surface area contributed by atoms with Gasteiger partial charge in [0, 0.05) is 62.2 Å². The van der Waals surface area contributed by atoms with Gasteiger partial charge in [0.15, 0.2) is 0 Å². The lowest BCUT2D eigenvalue weighted by Gasteiger charge is -2.42. The molecule has 2 bridgehead atoms. The Morgan fingerprint density at radius 2 is 2.10 bits per heavy atom. The van der Waals surface area contributed by atoms with Crippen LogP contribution in [0.5, 0.6) is 5.75 Å². The third-order valence-electron chi connectivity index (χ3n) is 6.07. The number of likely N-dealkylation sites (tertiary alicyclic amines) is 1. The van der Waals surface area contributed by atoms with Crippen molar-refractivity contribution >= 4 is 5.91 Å². The van der Waals surface area contributed by atoms with Gasteiger partial charge in [-0.1, -0.05) is 6.07 Å². The lowest BCUT2D eigenvalue weighted by Crippen LogP contribution is -2.50. The maximum atomic E-state index is 13.2. The first kappa shape index (κ1) is 20.6. The molecule has 1 saturated heterocycles. The molecule has 0 unspecified atom stereocenters. The highest BCUT2D eigenvalue weighted by atomic mass is 16.5. The second-order valence-corrected chi connectivity index (χ2v) is 8.31. The van der Waals surface area contributed by atoms with E-state index >= 15 is 0 Å². The number of amides is 1. The van der Waals surface area contributed by atoms with Gasteiger partial charge in [-0.3, -0.25) is 19.5 Å². The zero-order chi connectivity index (χ0) is 21.3. The summed E-state index contributed by atoms with van der Waals surface area (Å²) in [5.74, 6) is 0.930. The van der Waals surface area contributed by atoms with Crippen molar-refractivity contribution in [1.82, 2.24) is 19.4 Å². The zero-order valence-electron chi connectivity index (χ0n) is 17.5. The van der Waals surface area contributed by atoms with Gasteiger partial charge >= 0.3 is 0 Å². The van der Waals surface area contributed by atoms with Gasteiger partial charge < -0.3 is 19.3 Å². The number of carbonyl (C=O) groups excluding carboxylic acids is 1. The summed E-state index contributed by atoms with van der Waals surface area (Å²) < 4.78 is 7.15. The highest BCUT2D eigenvalue weighted by Gasteiger charge is 2.36.